The molecule has 0 saturated carbocycles. The van der Waals surface area contributed by atoms with E-state index in [9.17, 15) is 28.1 Å². The molecule has 0 fully saturated rings. The SMILES string of the molecule is CC(=O)NC(CCCCNC(=O)c1ccc(N=Nc2ccc(N(C)C)cc2)cc1)C(=O)NCCCCCCNC(=O)C(F)c1ccccc1OP(=O)(O)O. The summed E-state index contributed by atoms with van der Waals surface area (Å²) in [6.45, 7) is 2.30. The second-order valence-corrected chi connectivity index (χ2v) is 13.8. The number of alkyl halides is 1. The Balaban J connectivity index is 1.29. The van der Waals surface area contributed by atoms with Crippen molar-refractivity contribution < 1.29 is 42.4 Å². The normalized spacial score (nSPS) is 12.4. The number of unbranched alkanes of at least 4 members (excludes halogenated alkanes) is 4. The Morgan fingerprint density at radius 2 is 1.30 bits per heavy atom. The van der Waals surface area contributed by atoms with Crippen molar-refractivity contribution in [2.75, 3.05) is 38.6 Å². The maximum atomic E-state index is 14.7. The minimum absolute atomic E-state index is 0.185. The fraction of sp³-hybridized carbons (Fsp3) is 0.405. The van der Waals surface area contributed by atoms with Gasteiger partial charge in [0.05, 0.1) is 11.4 Å². The molecule has 0 aliphatic rings. The smallest absolute Gasteiger partial charge is 0.404 e. The summed E-state index contributed by atoms with van der Waals surface area (Å²) in [5.41, 5.74) is 2.57. The highest BCUT2D eigenvalue weighted by atomic mass is 31.2. The molecule has 0 radical (unpaired) electrons. The first-order valence-corrected chi connectivity index (χ1v) is 19.1. The number of anilines is 1. The molecule has 0 heterocycles. The number of carbonyl (C=O) groups is 4. The van der Waals surface area contributed by atoms with Gasteiger partial charge in [0.15, 0.2) is 0 Å². The average Bonchev–Trinajstić information content (AvgIpc) is 3.13. The summed E-state index contributed by atoms with van der Waals surface area (Å²) in [5.74, 6) is -2.24. The molecule has 3 aromatic carbocycles. The van der Waals surface area contributed by atoms with Crippen LogP contribution in [0.25, 0.3) is 0 Å². The van der Waals surface area contributed by atoms with Crippen LogP contribution < -0.4 is 30.7 Å². The van der Waals surface area contributed by atoms with E-state index in [2.05, 4.69) is 36.0 Å². The van der Waals surface area contributed by atoms with Crippen LogP contribution in [0.2, 0.25) is 0 Å². The Hall–Kier alpha value is -5.18. The van der Waals surface area contributed by atoms with Crippen molar-refractivity contribution in [2.45, 2.75) is 64.1 Å². The van der Waals surface area contributed by atoms with Gasteiger partial charge in [-0.3, -0.25) is 29.0 Å². The van der Waals surface area contributed by atoms with Crippen LogP contribution in [0.5, 0.6) is 5.75 Å². The standard InChI is InChI=1S/C37H49FN7O8P/c1-26(46)42-32(13-8-11-25-39-35(47)27-15-17-28(18-16-27)43-44-29-19-21-30(22-20-29)45(2)3)36(48)40-23-9-4-5-10-24-41-37(49)34(38)31-12-6-7-14-33(31)53-54(50,51)52/h6-7,12,14-22,32,34H,4-5,8-11,13,23-25H2,1-3H3,(H,39,47)(H,40,48)(H,41,49)(H,42,46)(H2,50,51,52). The van der Waals surface area contributed by atoms with Crippen LogP contribution in [0.1, 0.15) is 74.0 Å². The number of azo groups is 1. The van der Waals surface area contributed by atoms with E-state index in [1.807, 2.05) is 43.3 Å². The molecule has 0 bridgehead atoms. The first-order chi connectivity index (χ1) is 25.7. The number of phosphoric ester groups is 1. The second kappa shape index (κ2) is 22.1. The van der Waals surface area contributed by atoms with Gasteiger partial charge < -0.3 is 30.7 Å². The molecule has 0 saturated heterocycles. The van der Waals surface area contributed by atoms with E-state index < -0.39 is 31.7 Å². The van der Waals surface area contributed by atoms with Crippen molar-refractivity contribution in [2.24, 2.45) is 10.2 Å². The lowest BCUT2D eigenvalue weighted by molar-refractivity contribution is -0.128. The zero-order chi connectivity index (χ0) is 39.5. The maximum Gasteiger partial charge on any atom is 0.524 e. The zero-order valence-electron chi connectivity index (χ0n) is 30.7. The van der Waals surface area contributed by atoms with Gasteiger partial charge in [0.1, 0.15) is 11.8 Å². The van der Waals surface area contributed by atoms with Gasteiger partial charge in [-0.1, -0.05) is 31.0 Å². The number of rotatable bonds is 22. The monoisotopic (exact) mass is 769 g/mol. The Morgan fingerprint density at radius 1 is 0.759 bits per heavy atom. The van der Waals surface area contributed by atoms with Crippen LogP contribution >= 0.6 is 7.82 Å². The lowest BCUT2D eigenvalue weighted by atomic mass is 10.1. The third-order valence-electron chi connectivity index (χ3n) is 8.02. The zero-order valence-corrected chi connectivity index (χ0v) is 31.6. The molecule has 17 heteroatoms. The van der Waals surface area contributed by atoms with Gasteiger partial charge in [-0.2, -0.15) is 10.2 Å². The largest absolute Gasteiger partial charge is 0.524 e. The Morgan fingerprint density at radius 3 is 1.87 bits per heavy atom. The van der Waals surface area contributed by atoms with Crippen molar-refractivity contribution in [1.29, 1.82) is 0 Å². The van der Waals surface area contributed by atoms with E-state index in [4.69, 9.17) is 9.79 Å². The molecule has 54 heavy (non-hydrogen) atoms. The Bertz CT molecular complexity index is 1750. The third-order valence-corrected chi connectivity index (χ3v) is 8.45. The number of amides is 4. The first-order valence-electron chi connectivity index (χ1n) is 17.6. The predicted octanol–water partition coefficient (Wildman–Crippen LogP) is 5.55. The van der Waals surface area contributed by atoms with Crippen molar-refractivity contribution in [3.05, 3.63) is 83.9 Å². The highest BCUT2D eigenvalue weighted by molar-refractivity contribution is 7.46. The van der Waals surface area contributed by atoms with E-state index in [0.29, 0.717) is 68.6 Å². The van der Waals surface area contributed by atoms with E-state index in [0.717, 1.165) is 12.1 Å². The van der Waals surface area contributed by atoms with Gasteiger partial charge in [-0.15, -0.1) is 0 Å². The highest BCUT2D eigenvalue weighted by Gasteiger charge is 2.26. The molecule has 15 nitrogen and oxygen atoms in total. The van der Waals surface area contributed by atoms with Crippen molar-refractivity contribution in [1.82, 2.24) is 21.3 Å². The number of phosphoric acid groups is 1. The topological polar surface area (TPSA) is 211 Å². The molecule has 292 valence electrons. The number of carbonyl (C=O) groups excluding carboxylic acids is 4. The van der Waals surface area contributed by atoms with Gasteiger partial charge in [-0.25, -0.2) is 8.96 Å². The van der Waals surface area contributed by atoms with Crippen LogP contribution in [0.3, 0.4) is 0 Å². The number of hydrogen-bond acceptors (Lipinski definition) is 9. The summed E-state index contributed by atoms with van der Waals surface area (Å²) in [4.78, 5) is 69.4. The van der Waals surface area contributed by atoms with E-state index >= 15 is 0 Å². The molecule has 6 N–H and O–H groups in total. The lowest BCUT2D eigenvalue weighted by Crippen LogP contribution is -2.46. The molecule has 0 aliphatic heterocycles. The predicted molar refractivity (Wildman–Crippen MR) is 203 cm³/mol. The van der Waals surface area contributed by atoms with Crippen LogP contribution in [0.15, 0.2) is 83.0 Å². The quantitative estimate of drug-likeness (QED) is 0.0429. The van der Waals surface area contributed by atoms with Gasteiger partial charge in [0, 0.05) is 57.5 Å². The van der Waals surface area contributed by atoms with E-state index in [-0.39, 0.29) is 29.8 Å². The lowest BCUT2D eigenvalue weighted by Gasteiger charge is -2.17. The molecule has 4 amide bonds. The van der Waals surface area contributed by atoms with Crippen molar-refractivity contribution in [3.8, 4) is 5.75 Å². The van der Waals surface area contributed by atoms with Gasteiger partial charge >= 0.3 is 7.82 Å². The Kier molecular flexibility index (Phi) is 17.7. The summed E-state index contributed by atoms with van der Waals surface area (Å²) in [5, 5.41) is 19.3. The fourth-order valence-electron chi connectivity index (χ4n) is 5.19. The fourth-order valence-corrected chi connectivity index (χ4v) is 5.61. The number of nitrogens with one attached hydrogen (secondary N) is 4. The molecular formula is C37H49FN7O8P. The van der Waals surface area contributed by atoms with Crippen LogP contribution in [0.4, 0.5) is 21.5 Å². The minimum Gasteiger partial charge on any atom is -0.404 e. The molecule has 3 aromatic rings. The maximum absolute atomic E-state index is 14.7. The molecule has 2 unspecified atom stereocenters. The Labute approximate surface area is 314 Å². The number of hydrogen-bond donors (Lipinski definition) is 6. The van der Waals surface area contributed by atoms with E-state index in [1.165, 1.54) is 31.2 Å². The average molecular weight is 770 g/mol. The summed E-state index contributed by atoms with van der Waals surface area (Å²) < 4.78 is 30.4. The van der Waals surface area contributed by atoms with Crippen molar-refractivity contribution >= 4 is 48.5 Å². The number of halogens is 1. The number of benzene rings is 3. The van der Waals surface area contributed by atoms with Gasteiger partial charge in [0.2, 0.25) is 18.0 Å². The number of para-hydroxylation sites is 1. The van der Waals surface area contributed by atoms with Crippen molar-refractivity contribution in [3.63, 3.8) is 0 Å². The van der Waals surface area contributed by atoms with Gasteiger partial charge in [-0.05, 0) is 86.7 Å². The molecule has 0 spiro atoms. The summed E-state index contributed by atoms with van der Waals surface area (Å²) >= 11 is 0. The first kappa shape index (κ1) is 43.2. The molecule has 3 rings (SSSR count). The summed E-state index contributed by atoms with van der Waals surface area (Å²) in [7, 11) is -1.01. The van der Waals surface area contributed by atoms with E-state index in [1.54, 1.807) is 24.3 Å². The molecular weight excluding hydrogens is 720 g/mol. The third kappa shape index (κ3) is 15.8. The molecule has 2 atom stereocenters. The summed E-state index contributed by atoms with van der Waals surface area (Å²) in [6.07, 6.45) is 2.00. The summed E-state index contributed by atoms with van der Waals surface area (Å²) in [6, 6.07) is 18.9. The number of nitrogens with zero attached hydrogens (tertiary/aromatic N) is 3. The molecule has 0 aliphatic carbocycles. The molecule has 0 aromatic heterocycles. The van der Waals surface area contributed by atoms with Gasteiger partial charge in [0.25, 0.3) is 11.8 Å². The van der Waals surface area contributed by atoms with Crippen LogP contribution in [0, 0.1) is 0 Å². The second-order valence-electron chi connectivity index (χ2n) is 12.6. The van der Waals surface area contributed by atoms with Crippen LogP contribution in [-0.2, 0) is 18.9 Å². The highest BCUT2D eigenvalue weighted by Crippen LogP contribution is 2.41. The minimum atomic E-state index is -4.93. The van der Waals surface area contributed by atoms with Crippen LogP contribution in [-0.4, -0.2) is 73.2 Å².